The van der Waals surface area contributed by atoms with E-state index in [-0.39, 0.29) is 46.7 Å². The first kappa shape index (κ1) is 22.2. The fourth-order valence-corrected chi connectivity index (χ4v) is 4.78. The summed E-state index contributed by atoms with van der Waals surface area (Å²) in [4.78, 5) is 31.0. The van der Waals surface area contributed by atoms with Crippen molar-refractivity contribution in [3.8, 4) is 11.4 Å². The van der Waals surface area contributed by atoms with Gasteiger partial charge in [-0.1, -0.05) is 0 Å². The number of hydrogen-bond donors (Lipinski definition) is 1. The Labute approximate surface area is 192 Å². The maximum atomic E-state index is 14.5. The number of anilines is 1. The van der Waals surface area contributed by atoms with Crippen LogP contribution in [0.5, 0.6) is 0 Å². The van der Waals surface area contributed by atoms with Crippen LogP contribution in [0.1, 0.15) is 34.6 Å². The summed E-state index contributed by atoms with van der Waals surface area (Å²) < 4.78 is 52.7. The standard InChI is InChI=1S/C23H20F4N6O/c1-12-4-5-14(20(31-12)21-15(24)3-2-6-28-21)22(34)33-11-13-7-16(17(33)8-13)32-19-10-29-18(9-30-19)23(25,26)27/h2-6,9-10,13,16-17H,7-8,11H2,1H3,(H,30,32)/t13-,16+,17-/m0/s1. The molecule has 2 bridgehead atoms. The molecule has 0 spiro atoms. The topological polar surface area (TPSA) is 83.9 Å². The number of aromatic nitrogens is 4. The van der Waals surface area contributed by atoms with Gasteiger partial charge in [-0.05, 0) is 49.9 Å². The first-order valence-corrected chi connectivity index (χ1v) is 10.8. The van der Waals surface area contributed by atoms with Crippen LogP contribution in [0, 0.1) is 18.7 Å². The number of likely N-dealkylation sites (tertiary alicyclic amines) is 1. The predicted octanol–water partition coefficient (Wildman–Crippen LogP) is 4.12. The zero-order valence-corrected chi connectivity index (χ0v) is 18.1. The number of alkyl halides is 3. The molecule has 1 aliphatic heterocycles. The van der Waals surface area contributed by atoms with Gasteiger partial charge in [-0.3, -0.25) is 14.8 Å². The van der Waals surface area contributed by atoms with Crippen molar-refractivity contribution in [2.24, 2.45) is 5.92 Å². The minimum Gasteiger partial charge on any atom is -0.364 e. The molecule has 176 valence electrons. The Kier molecular flexibility index (Phi) is 5.41. The Morgan fingerprint density at radius 1 is 1.09 bits per heavy atom. The molecule has 3 atom stereocenters. The van der Waals surface area contributed by atoms with Crippen LogP contribution in [0.25, 0.3) is 11.4 Å². The van der Waals surface area contributed by atoms with Crippen LogP contribution in [0.15, 0.2) is 42.9 Å². The molecule has 5 rings (SSSR count). The molecule has 0 aromatic carbocycles. The summed E-state index contributed by atoms with van der Waals surface area (Å²) in [5, 5.41) is 3.13. The zero-order chi connectivity index (χ0) is 24.0. The first-order valence-electron chi connectivity index (χ1n) is 10.8. The van der Waals surface area contributed by atoms with Crippen molar-refractivity contribution in [2.75, 3.05) is 11.9 Å². The number of piperidine rings is 1. The number of amides is 1. The average Bonchev–Trinajstić information content (AvgIpc) is 3.39. The highest BCUT2D eigenvalue weighted by Gasteiger charge is 2.47. The summed E-state index contributed by atoms with van der Waals surface area (Å²) in [6.07, 6.45) is 0.125. The van der Waals surface area contributed by atoms with Gasteiger partial charge >= 0.3 is 6.18 Å². The Bertz CT molecular complexity index is 1230. The van der Waals surface area contributed by atoms with E-state index >= 15 is 0 Å². The number of halogens is 4. The molecule has 0 unspecified atom stereocenters. The van der Waals surface area contributed by atoms with E-state index in [1.807, 2.05) is 0 Å². The molecule has 2 aliphatic rings. The normalized spacial score (nSPS) is 21.7. The van der Waals surface area contributed by atoms with Crippen LogP contribution in [-0.2, 0) is 6.18 Å². The third kappa shape index (κ3) is 4.06. The van der Waals surface area contributed by atoms with Gasteiger partial charge in [-0.2, -0.15) is 13.2 Å². The fourth-order valence-electron chi connectivity index (χ4n) is 4.78. The molecule has 3 aromatic heterocycles. The summed E-state index contributed by atoms with van der Waals surface area (Å²) >= 11 is 0. The van der Waals surface area contributed by atoms with Crippen molar-refractivity contribution >= 4 is 11.7 Å². The molecule has 1 N–H and O–H groups in total. The highest BCUT2D eigenvalue weighted by molar-refractivity contribution is 6.00. The van der Waals surface area contributed by atoms with Crippen LogP contribution >= 0.6 is 0 Å². The Morgan fingerprint density at radius 2 is 1.91 bits per heavy atom. The lowest BCUT2D eigenvalue weighted by atomic mass is 10.0. The van der Waals surface area contributed by atoms with E-state index in [2.05, 4.69) is 25.3 Å². The summed E-state index contributed by atoms with van der Waals surface area (Å²) in [7, 11) is 0. The van der Waals surface area contributed by atoms with Crippen LogP contribution in [0.3, 0.4) is 0 Å². The van der Waals surface area contributed by atoms with Gasteiger partial charge in [-0.15, -0.1) is 0 Å². The van der Waals surface area contributed by atoms with Crippen LogP contribution in [-0.4, -0.2) is 49.4 Å². The second kappa shape index (κ2) is 8.30. The third-order valence-corrected chi connectivity index (χ3v) is 6.27. The van der Waals surface area contributed by atoms with Gasteiger partial charge in [0, 0.05) is 24.5 Å². The van der Waals surface area contributed by atoms with E-state index in [4.69, 9.17) is 0 Å². The number of nitrogens with zero attached hydrogens (tertiary/aromatic N) is 5. The molecule has 1 aliphatic carbocycles. The predicted molar refractivity (Wildman–Crippen MR) is 114 cm³/mol. The van der Waals surface area contributed by atoms with Gasteiger partial charge < -0.3 is 10.2 Å². The quantitative estimate of drug-likeness (QED) is 0.576. The minimum atomic E-state index is -4.56. The molecule has 1 saturated carbocycles. The average molecular weight is 472 g/mol. The molecule has 1 amide bonds. The summed E-state index contributed by atoms with van der Waals surface area (Å²) in [5.41, 5.74) is 0.00494. The second-order valence-corrected chi connectivity index (χ2v) is 8.58. The van der Waals surface area contributed by atoms with Crippen molar-refractivity contribution < 1.29 is 22.4 Å². The number of fused-ring (bicyclic) bond motifs is 2. The summed E-state index contributed by atoms with van der Waals surface area (Å²) in [6.45, 7) is 2.29. The molecule has 34 heavy (non-hydrogen) atoms. The van der Waals surface area contributed by atoms with Crippen molar-refractivity contribution in [1.29, 1.82) is 0 Å². The Balaban J connectivity index is 1.39. The van der Waals surface area contributed by atoms with Crippen molar-refractivity contribution in [3.05, 3.63) is 65.6 Å². The van der Waals surface area contributed by atoms with Gasteiger partial charge in [-0.25, -0.2) is 14.4 Å². The number of rotatable bonds is 4. The lowest BCUT2D eigenvalue weighted by molar-refractivity contribution is -0.141. The molecular formula is C23H20F4N6O. The maximum absolute atomic E-state index is 14.5. The highest BCUT2D eigenvalue weighted by Crippen LogP contribution is 2.40. The van der Waals surface area contributed by atoms with E-state index in [0.717, 1.165) is 19.0 Å². The monoisotopic (exact) mass is 472 g/mol. The van der Waals surface area contributed by atoms with Gasteiger partial charge in [0.15, 0.2) is 11.5 Å². The maximum Gasteiger partial charge on any atom is 0.434 e. The van der Waals surface area contributed by atoms with Crippen molar-refractivity contribution in [2.45, 2.75) is 38.0 Å². The minimum absolute atomic E-state index is 0.00797. The molecule has 7 nitrogen and oxygen atoms in total. The van der Waals surface area contributed by atoms with Crippen molar-refractivity contribution in [1.82, 2.24) is 24.8 Å². The Hall–Kier alpha value is -3.63. The second-order valence-electron chi connectivity index (χ2n) is 8.58. The number of pyridine rings is 2. The molecule has 11 heteroatoms. The first-order chi connectivity index (χ1) is 16.2. The van der Waals surface area contributed by atoms with Crippen LogP contribution in [0.2, 0.25) is 0 Å². The van der Waals surface area contributed by atoms with E-state index in [1.54, 1.807) is 24.0 Å². The van der Waals surface area contributed by atoms with Gasteiger partial charge in [0.1, 0.15) is 17.2 Å². The summed E-state index contributed by atoms with van der Waals surface area (Å²) in [6, 6.07) is 5.68. The SMILES string of the molecule is Cc1ccc(C(=O)N2C[C@H]3C[C@@H](Nc4cnc(C(F)(F)F)cn4)[C@@H]2C3)c(-c2ncccc2F)n1. The molecule has 2 fully saturated rings. The van der Waals surface area contributed by atoms with Crippen LogP contribution in [0.4, 0.5) is 23.4 Å². The largest absolute Gasteiger partial charge is 0.434 e. The molecular weight excluding hydrogens is 452 g/mol. The van der Waals surface area contributed by atoms with Gasteiger partial charge in [0.05, 0.1) is 24.0 Å². The third-order valence-electron chi connectivity index (χ3n) is 6.27. The van der Waals surface area contributed by atoms with Gasteiger partial charge in [0.2, 0.25) is 0 Å². The number of carbonyl (C=O) groups is 1. The lowest BCUT2D eigenvalue weighted by Crippen LogP contribution is -2.48. The van der Waals surface area contributed by atoms with E-state index < -0.39 is 17.7 Å². The number of aryl methyl sites for hydroxylation is 1. The van der Waals surface area contributed by atoms with E-state index in [0.29, 0.717) is 18.4 Å². The fraction of sp³-hybridized carbons (Fsp3) is 0.348. The lowest BCUT2D eigenvalue weighted by Gasteiger charge is -2.34. The smallest absolute Gasteiger partial charge is 0.364 e. The molecule has 3 aromatic rings. The summed E-state index contributed by atoms with van der Waals surface area (Å²) in [5.74, 6) is -0.406. The van der Waals surface area contributed by atoms with Crippen LogP contribution < -0.4 is 5.32 Å². The number of nitrogens with one attached hydrogen (secondary N) is 1. The number of hydrogen-bond acceptors (Lipinski definition) is 6. The van der Waals surface area contributed by atoms with Crippen molar-refractivity contribution in [3.63, 3.8) is 0 Å². The Morgan fingerprint density at radius 3 is 2.59 bits per heavy atom. The molecule has 4 heterocycles. The highest BCUT2D eigenvalue weighted by atomic mass is 19.4. The van der Waals surface area contributed by atoms with E-state index in [9.17, 15) is 22.4 Å². The zero-order valence-electron chi connectivity index (χ0n) is 18.1. The number of carbonyl (C=O) groups excluding carboxylic acids is 1. The molecule has 1 saturated heterocycles. The molecule has 0 radical (unpaired) electrons. The van der Waals surface area contributed by atoms with E-state index in [1.165, 1.54) is 18.3 Å². The van der Waals surface area contributed by atoms with Gasteiger partial charge in [0.25, 0.3) is 5.91 Å².